The molecule has 1 aliphatic heterocycles. The average molecular weight is 403 g/mol. The lowest BCUT2D eigenvalue weighted by molar-refractivity contribution is 0.0792. The highest BCUT2D eigenvalue weighted by Crippen LogP contribution is 2.26. The lowest BCUT2D eigenvalue weighted by atomic mass is 10.1. The van der Waals surface area contributed by atoms with E-state index in [0.717, 1.165) is 25.9 Å². The summed E-state index contributed by atoms with van der Waals surface area (Å²) in [6.45, 7) is 1.60. The number of nitrogens with one attached hydrogen (secondary N) is 1. The molecular formula is C19H19BrN2O3. The van der Waals surface area contributed by atoms with Crippen LogP contribution in [0.3, 0.4) is 0 Å². The first-order valence-corrected chi connectivity index (χ1v) is 8.92. The van der Waals surface area contributed by atoms with E-state index in [9.17, 15) is 9.59 Å². The summed E-state index contributed by atoms with van der Waals surface area (Å²) in [5, 5.41) is 2.84. The molecular weight excluding hydrogens is 384 g/mol. The van der Waals surface area contributed by atoms with Crippen LogP contribution in [-0.2, 0) is 0 Å². The standard InChI is InChI=1S/C19H19BrN2O3/c1-25-17-8-7-13(12-16(17)20)18(23)21-15-6-4-5-14(11-15)19(24)22-9-2-3-10-22/h4-8,11-12H,2-3,9-10H2,1H3,(H,21,23). The van der Waals surface area contributed by atoms with E-state index >= 15 is 0 Å². The van der Waals surface area contributed by atoms with Crippen LogP contribution in [0.4, 0.5) is 5.69 Å². The van der Waals surface area contributed by atoms with E-state index in [-0.39, 0.29) is 11.8 Å². The monoisotopic (exact) mass is 402 g/mol. The molecule has 0 spiro atoms. The molecule has 6 heteroatoms. The molecule has 0 atom stereocenters. The van der Waals surface area contributed by atoms with E-state index in [1.807, 2.05) is 4.90 Å². The Morgan fingerprint density at radius 3 is 2.52 bits per heavy atom. The topological polar surface area (TPSA) is 58.6 Å². The molecule has 25 heavy (non-hydrogen) atoms. The fourth-order valence-corrected chi connectivity index (χ4v) is 3.38. The highest BCUT2D eigenvalue weighted by Gasteiger charge is 2.19. The molecule has 0 unspecified atom stereocenters. The first-order valence-electron chi connectivity index (χ1n) is 8.13. The molecule has 1 N–H and O–H groups in total. The summed E-state index contributed by atoms with van der Waals surface area (Å²) in [4.78, 5) is 26.7. The van der Waals surface area contributed by atoms with Crippen molar-refractivity contribution in [1.82, 2.24) is 4.90 Å². The van der Waals surface area contributed by atoms with Gasteiger partial charge in [-0.05, 0) is 65.2 Å². The first-order chi connectivity index (χ1) is 12.1. The Bertz CT molecular complexity index is 801. The lowest BCUT2D eigenvalue weighted by Crippen LogP contribution is -2.27. The summed E-state index contributed by atoms with van der Waals surface area (Å²) in [6.07, 6.45) is 2.10. The number of halogens is 1. The number of nitrogens with zero attached hydrogens (tertiary/aromatic N) is 1. The molecule has 5 nitrogen and oxygen atoms in total. The van der Waals surface area contributed by atoms with Gasteiger partial charge in [0, 0.05) is 29.9 Å². The number of methoxy groups -OCH3 is 1. The van der Waals surface area contributed by atoms with Crippen LogP contribution >= 0.6 is 15.9 Å². The molecule has 130 valence electrons. The number of benzene rings is 2. The van der Waals surface area contributed by atoms with Gasteiger partial charge in [-0.3, -0.25) is 9.59 Å². The van der Waals surface area contributed by atoms with E-state index in [1.165, 1.54) is 0 Å². The van der Waals surface area contributed by atoms with Gasteiger partial charge in [-0.2, -0.15) is 0 Å². The van der Waals surface area contributed by atoms with E-state index in [2.05, 4.69) is 21.2 Å². The maximum absolute atomic E-state index is 12.5. The lowest BCUT2D eigenvalue weighted by Gasteiger charge is -2.16. The minimum atomic E-state index is -0.242. The van der Waals surface area contributed by atoms with Crippen LogP contribution in [0.5, 0.6) is 5.75 Å². The summed E-state index contributed by atoms with van der Waals surface area (Å²) < 4.78 is 5.88. The van der Waals surface area contributed by atoms with Gasteiger partial charge < -0.3 is 15.0 Å². The van der Waals surface area contributed by atoms with Crippen LogP contribution in [0.2, 0.25) is 0 Å². The third-order valence-electron chi connectivity index (χ3n) is 4.17. The third-order valence-corrected chi connectivity index (χ3v) is 4.79. The highest BCUT2D eigenvalue weighted by molar-refractivity contribution is 9.10. The van der Waals surface area contributed by atoms with Crippen molar-refractivity contribution in [3.05, 3.63) is 58.1 Å². The Hall–Kier alpha value is -2.34. The minimum Gasteiger partial charge on any atom is -0.496 e. The van der Waals surface area contributed by atoms with Crippen LogP contribution in [0.1, 0.15) is 33.6 Å². The number of ether oxygens (including phenoxy) is 1. The van der Waals surface area contributed by atoms with Crippen molar-refractivity contribution in [2.24, 2.45) is 0 Å². The summed E-state index contributed by atoms with van der Waals surface area (Å²) in [6, 6.07) is 12.2. The van der Waals surface area contributed by atoms with Crippen LogP contribution in [-0.4, -0.2) is 36.9 Å². The number of anilines is 1. The molecule has 0 saturated carbocycles. The number of amides is 2. The number of hydrogen-bond donors (Lipinski definition) is 1. The van der Waals surface area contributed by atoms with Gasteiger partial charge in [0.2, 0.25) is 0 Å². The van der Waals surface area contributed by atoms with Crippen LogP contribution in [0.25, 0.3) is 0 Å². The van der Waals surface area contributed by atoms with E-state index in [1.54, 1.807) is 49.6 Å². The fourth-order valence-electron chi connectivity index (χ4n) is 2.84. The Morgan fingerprint density at radius 1 is 1.08 bits per heavy atom. The molecule has 0 radical (unpaired) electrons. The smallest absolute Gasteiger partial charge is 0.255 e. The van der Waals surface area contributed by atoms with E-state index in [4.69, 9.17) is 4.74 Å². The highest BCUT2D eigenvalue weighted by atomic mass is 79.9. The zero-order valence-corrected chi connectivity index (χ0v) is 15.5. The maximum atomic E-state index is 12.5. The first kappa shape index (κ1) is 17.5. The minimum absolute atomic E-state index is 0.0146. The summed E-state index contributed by atoms with van der Waals surface area (Å²) >= 11 is 3.37. The Morgan fingerprint density at radius 2 is 1.84 bits per heavy atom. The number of carbonyl (C=O) groups excluding carboxylic acids is 2. The number of carbonyl (C=O) groups is 2. The molecule has 2 amide bonds. The SMILES string of the molecule is COc1ccc(C(=O)Nc2cccc(C(=O)N3CCCC3)c2)cc1Br. The molecule has 2 aromatic rings. The molecule has 3 rings (SSSR count). The predicted octanol–water partition coefficient (Wildman–Crippen LogP) is 3.95. The number of hydrogen-bond acceptors (Lipinski definition) is 3. The zero-order chi connectivity index (χ0) is 17.8. The second kappa shape index (κ2) is 7.70. The van der Waals surface area contributed by atoms with Crippen molar-refractivity contribution < 1.29 is 14.3 Å². The van der Waals surface area contributed by atoms with Crippen molar-refractivity contribution in [3.8, 4) is 5.75 Å². The quantitative estimate of drug-likeness (QED) is 0.841. The summed E-state index contributed by atoms with van der Waals surface area (Å²) in [5.41, 5.74) is 1.70. The van der Waals surface area contributed by atoms with Crippen molar-refractivity contribution >= 4 is 33.4 Å². The van der Waals surface area contributed by atoms with E-state index in [0.29, 0.717) is 27.0 Å². The number of rotatable bonds is 4. The van der Waals surface area contributed by atoms with Crippen LogP contribution < -0.4 is 10.1 Å². The van der Waals surface area contributed by atoms with Gasteiger partial charge in [-0.1, -0.05) is 6.07 Å². The largest absolute Gasteiger partial charge is 0.496 e. The van der Waals surface area contributed by atoms with E-state index < -0.39 is 0 Å². The molecule has 1 fully saturated rings. The second-order valence-corrected chi connectivity index (χ2v) is 6.74. The van der Waals surface area contributed by atoms with Crippen LogP contribution in [0.15, 0.2) is 46.9 Å². The van der Waals surface area contributed by atoms with Gasteiger partial charge in [0.1, 0.15) is 5.75 Å². The van der Waals surface area contributed by atoms with Gasteiger partial charge in [0.05, 0.1) is 11.6 Å². The Kier molecular flexibility index (Phi) is 5.38. The van der Waals surface area contributed by atoms with Gasteiger partial charge in [-0.25, -0.2) is 0 Å². The molecule has 1 heterocycles. The fraction of sp³-hybridized carbons (Fsp3) is 0.263. The Labute approximate surface area is 155 Å². The molecule has 0 aliphatic carbocycles. The predicted molar refractivity (Wildman–Crippen MR) is 100 cm³/mol. The van der Waals surface area contributed by atoms with Crippen molar-refractivity contribution in [2.45, 2.75) is 12.8 Å². The molecule has 2 aromatic carbocycles. The second-order valence-electron chi connectivity index (χ2n) is 5.88. The normalized spacial score (nSPS) is 13.6. The summed E-state index contributed by atoms with van der Waals surface area (Å²) in [5.74, 6) is 0.435. The molecule has 0 bridgehead atoms. The average Bonchev–Trinajstić information content (AvgIpc) is 3.16. The van der Waals surface area contributed by atoms with Crippen LogP contribution in [0, 0.1) is 0 Å². The molecule has 0 aromatic heterocycles. The zero-order valence-electron chi connectivity index (χ0n) is 13.9. The van der Waals surface area contributed by atoms with Gasteiger partial charge in [0.25, 0.3) is 11.8 Å². The van der Waals surface area contributed by atoms with Crippen molar-refractivity contribution in [3.63, 3.8) is 0 Å². The van der Waals surface area contributed by atoms with Crippen molar-refractivity contribution in [1.29, 1.82) is 0 Å². The molecule has 1 aliphatic rings. The van der Waals surface area contributed by atoms with Crippen molar-refractivity contribution in [2.75, 3.05) is 25.5 Å². The van der Waals surface area contributed by atoms with Gasteiger partial charge in [0.15, 0.2) is 0 Å². The third kappa shape index (κ3) is 4.02. The molecule has 1 saturated heterocycles. The maximum Gasteiger partial charge on any atom is 0.255 e. The van der Waals surface area contributed by atoms with Gasteiger partial charge in [-0.15, -0.1) is 0 Å². The Balaban J connectivity index is 1.74. The summed E-state index contributed by atoms with van der Waals surface area (Å²) in [7, 11) is 1.57. The van der Waals surface area contributed by atoms with Gasteiger partial charge >= 0.3 is 0 Å². The number of likely N-dealkylation sites (tertiary alicyclic amines) is 1.